The van der Waals surface area contributed by atoms with Crippen molar-refractivity contribution in [3.63, 3.8) is 0 Å². The summed E-state index contributed by atoms with van der Waals surface area (Å²) in [5.41, 5.74) is 3.95. The highest BCUT2D eigenvalue weighted by Crippen LogP contribution is 2.51. The van der Waals surface area contributed by atoms with Crippen molar-refractivity contribution < 1.29 is 4.84 Å². The van der Waals surface area contributed by atoms with Crippen molar-refractivity contribution >= 4 is 23.3 Å². The van der Waals surface area contributed by atoms with Gasteiger partial charge in [0.15, 0.2) is 5.84 Å². The van der Waals surface area contributed by atoms with Crippen molar-refractivity contribution in [1.29, 1.82) is 0 Å². The van der Waals surface area contributed by atoms with Gasteiger partial charge in [0.25, 0.3) is 0 Å². The van der Waals surface area contributed by atoms with Crippen LogP contribution in [0.5, 0.6) is 0 Å². The summed E-state index contributed by atoms with van der Waals surface area (Å²) in [4.78, 5) is 9.91. The molecule has 0 saturated carbocycles. The van der Waals surface area contributed by atoms with Gasteiger partial charge in [0.2, 0.25) is 5.72 Å². The highest BCUT2D eigenvalue weighted by molar-refractivity contribution is 8.00. The number of thioether (sulfide) groups is 1. The lowest BCUT2D eigenvalue weighted by atomic mass is 9.93. The molecule has 2 heterocycles. The monoisotopic (exact) mass is 386 g/mol. The first-order chi connectivity index (χ1) is 13.7. The van der Waals surface area contributed by atoms with Crippen LogP contribution in [-0.4, -0.2) is 11.1 Å². The van der Waals surface area contributed by atoms with Crippen LogP contribution in [0.25, 0.3) is 0 Å². The minimum absolute atomic E-state index is 0.387. The Morgan fingerprint density at radius 1 is 0.964 bits per heavy atom. The van der Waals surface area contributed by atoms with E-state index in [2.05, 4.69) is 84.6 Å². The average molecular weight is 387 g/mol. The maximum atomic E-state index is 6.35. The molecule has 0 amide bonds. The lowest BCUT2D eigenvalue weighted by molar-refractivity contribution is -0.0274. The van der Waals surface area contributed by atoms with E-state index in [1.54, 1.807) is 0 Å². The lowest BCUT2D eigenvalue weighted by Crippen LogP contribution is -2.47. The summed E-state index contributed by atoms with van der Waals surface area (Å²) in [7, 11) is 0. The molecule has 0 aliphatic carbocycles. The Bertz CT molecular complexity index is 1030. The number of benzene rings is 3. The zero-order chi connectivity index (χ0) is 19.1. The molecule has 0 spiro atoms. The van der Waals surface area contributed by atoms with Crippen LogP contribution in [-0.2, 0) is 10.6 Å². The van der Waals surface area contributed by atoms with Crippen LogP contribution in [0, 0.1) is 6.92 Å². The molecule has 3 nitrogen and oxygen atoms in total. The summed E-state index contributed by atoms with van der Waals surface area (Å²) in [6, 6.07) is 27.5. The van der Waals surface area contributed by atoms with Gasteiger partial charge in [-0.25, -0.2) is 0 Å². The maximum absolute atomic E-state index is 6.35. The third kappa shape index (κ3) is 2.71. The molecule has 0 saturated heterocycles. The zero-order valence-corrected chi connectivity index (χ0v) is 16.8. The summed E-state index contributed by atoms with van der Waals surface area (Å²) in [5, 5.41) is 5.02. The zero-order valence-electron chi connectivity index (χ0n) is 16.0. The second-order valence-corrected chi connectivity index (χ2v) is 8.94. The van der Waals surface area contributed by atoms with E-state index in [0.29, 0.717) is 5.25 Å². The van der Waals surface area contributed by atoms with Crippen LogP contribution in [0.2, 0.25) is 0 Å². The van der Waals surface area contributed by atoms with E-state index in [0.717, 1.165) is 29.1 Å². The van der Waals surface area contributed by atoms with Crippen molar-refractivity contribution in [2.75, 3.05) is 4.90 Å². The Balaban J connectivity index is 1.74. The highest BCUT2D eigenvalue weighted by Gasteiger charge is 2.51. The third-order valence-electron chi connectivity index (χ3n) is 5.39. The molecule has 0 unspecified atom stereocenters. The summed E-state index contributed by atoms with van der Waals surface area (Å²) in [6.07, 6.45) is 0.843. The normalized spacial score (nSPS) is 23.3. The molecule has 0 N–H and O–H groups in total. The molecule has 2 aliphatic rings. The van der Waals surface area contributed by atoms with Crippen molar-refractivity contribution in [3.05, 3.63) is 95.6 Å². The molecule has 28 heavy (non-hydrogen) atoms. The minimum atomic E-state index is -0.641. The van der Waals surface area contributed by atoms with Crippen molar-refractivity contribution in [2.24, 2.45) is 5.16 Å². The first-order valence-corrected chi connectivity index (χ1v) is 10.5. The fourth-order valence-electron chi connectivity index (χ4n) is 4.08. The molecule has 140 valence electrons. The van der Waals surface area contributed by atoms with Crippen molar-refractivity contribution in [1.82, 2.24) is 0 Å². The summed E-state index contributed by atoms with van der Waals surface area (Å²) in [6.45, 7) is 4.38. The van der Waals surface area contributed by atoms with Crippen LogP contribution in [0.1, 0.15) is 30.0 Å². The Morgan fingerprint density at radius 3 is 2.46 bits per heavy atom. The first-order valence-electron chi connectivity index (χ1n) is 9.62. The van der Waals surface area contributed by atoms with Gasteiger partial charge in [0.1, 0.15) is 0 Å². The Hall–Kier alpha value is -2.72. The van der Waals surface area contributed by atoms with Crippen molar-refractivity contribution in [2.45, 2.75) is 36.1 Å². The number of anilines is 1. The summed E-state index contributed by atoms with van der Waals surface area (Å²) < 4.78 is 0. The highest BCUT2D eigenvalue weighted by atomic mass is 32.2. The molecule has 3 aromatic rings. The fourth-order valence-corrected chi connectivity index (χ4v) is 5.26. The van der Waals surface area contributed by atoms with Gasteiger partial charge >= 0.3 is 0 Å². The Morgan fingerprint density at radius 2 is 1.68 bits per heavy atom. The SMILES string of the molecule is Cc1ccc([C@]23C[C@@H](C)Sc4ccccc4N2C(c2ccccc2)=NO3)cc1. The van der Waals surface area contributed by atoms with Crippen LogP contribution < -0.4 is 4.90 Å². The molecule has 2 atom stereocenters. The third-order valence-corrected chi connectivity index (χ3v) is 6.56. The van der Waals surface area contributed by atoms with Gasteiger partial charge in [-0.05, 0) is 19.1 Å². The number of fused-ring (bicyclic) bond motifs is 3. The molecule has 0 radical (unpaired) electrons. The van der Waals surface area contributed by atoms with Crippen LogP contribution in [0.4, 0.5) is 5.69 Å². The Kier molecular flexibility index (Phi) is 4.17. The van der Waals surface area contributed by atoms with Gasteiger partial charge in [-0.1, -0.05) is 84.4 Å². The molecule has 0 bridgehead atoms. The number of hydrogen-bond donors (Lipinski definition) is 0. The van der Waals surface area contributed by atoms with Crippen molar-refractivity contribution in [3.8, 4) is 0 Å². The predicted molar refractivity (Wildman–Crippen MR) is 116 cm³/mol. The number of nitrogens with zero attached hydrogens (tertiary/aromatic N) is 2. The van der Waals surface area contributed by atoms with E-state index >= 15 is 0 Å². The molecule has 3 aromatic carbocycles. The van der Waals surface area contributed by atoms with Crippen LogP contribution in [0.3, 0.4) is 0 Å². The van der Waals surface area contributed by atoms with Crippen LogP contribution in [0.15, 0.2) is 88.9 Å². The van der Waals surface area contributed by atoms with E-state index in [4.69, 9.17) is 4.84 Å². The minimum Gasteiger partial charge on any atom is -0.360 e. The van der Waals surface area contributed by atoms with E-state index in [1.165, 1.54) is 10.5 Å². The molecule has 0 fully saturated rings. The molecule has 2 aliphatic heterocycles. The van der Waals surface area contributed by atoms with Gasteiger partial charge in [-0.2, -0.15) is 0 Å². The van der Waals surface area contributed by atoms with Gasteiger partial charge in [-0.3, -0.25) is 4.90 Å². The summed E-state index contributed by atoms with van der Waals surface area (Å²) in [5.74, 6) is 0.864. The standard InChI is InChI=1S/C24H22N2OS/c1-17-12-14-20(15-13-17)24-16-18(2)28-22-11-7-6-10-21(22)26(24)23(25-27-24)19-8-4-3-5-9-19/h3-15,18H,16H2,1-2H3/t18-,24-/m1/s1. The second-order valence-electron chi connectivity index (χ2n) is 7.46. The van der Waals surface area contributed by atoms with Gasteiger partial charge in [0.05, 0.1) is 5.69 Å². The lowest BCUT2D eigenvalue weighted by Gasteiger charge is -2.37. The number of aryl methyl sites for hydroxylation is 1. The quantitative estimate of drug-likeness (QED) is 0.546. The fraction of sp³-hybridized carbons (Fsp3) is 0.208. The number of hydrogen-bond acceptors (Lipinski definition) is 4. The topological polar surface area (TPSA) is 24.8 Å². The van der Waals surface area contributed by atoms with E-state index in [1.807, 2.05) is 30.0 Å². The number of para-hydroxylation sites is 1. The van der Waals surface area contributed by atoms with Gasteiger partial charge in [-0.15, -0.1) is 11.8 Å². The van der Waals surface area contributed by atoms with E-state index in [-0.39, 0.29) is 0 Å². The molecular weight excluding hydrogens is 364 g/mol. The summed E-state index contributed by atoms with van der Waals surface area (Å²) >= 11 is 1.91. The largest absolute Gasteiger partial charge is 0.360 e. The van der Waals surface area contributed by atoms with E-state index in [9.17, 15) is 0 Å². The van der Waals surface area contributed by atoms with Crippen LogP contribution >= 0.6 is 11.8 Å². The van der Waals surface area contributed by atoms with E-state index < -0.39 is 5.72 Å². The molecule has 5 rings (SSSR count). The van der Waals surface area contributed by atoms with Gasteiger partial charge < -0.3 is 4.84 Å². The number of rotatable bonds is 2. The number of oxime groups is 1. The first kappa shape index (κ1) is 17.4. The Labute approximate surface area is 170 Å². The second kappa shape index (κ2) is 6.71. The smallest absolute Gasteiger partial charge is 0.242 e. The number of amidine groups is 1. The molecular formula is C24H22N2OS. The predicted octanol–water partition coefficient (Wildman–Crippen LogP) is 5.93. The molecule has 0 aromatic heterocycles. The molecule has 4 heteroatoms. The van der Waals surface area contributed by atoms with Gasteiger partial charge in [0, 0.05) is 27.7 Å². The maximum Gasteiger partial charge on any atom is 0.242 e. The average Bonchev–Trinajstić information content (AvgIpc) is 3.03.